The van der Waals surface area contributed by atoms with E-state index < -0.39 is 0 Å². The minimum atomic E-state index is 0. The van der Waals surface area contributed by atoms with Crippen LogP contribution < -0.4 is 18.2 Å². The maximum absolute atomic E-state index is 5.74. The number of rotatable bonds is 0. The molecular weight excluding hydrogens is 140 g/mol. The summed E-state index contributed by atoms with van der Waals surface area (Å²) in [5.74, 6) is 5.74. The first-order valence-electron chi connectivity index (χ1n) is 2.92. The summed E-state index contributed by atoms with van der Waals surface area (Å²) >= 11 is 0. The van der Waals surface area contributed by atoms with Gasteiger partial charge in [-0.2, -0.15) is 5.84 Å². The highest BCUT2D eigenvalue weighted by Crippen LogP contribution is 1.97. The molecule has 1 aliphatic rings. The first-order valence-corrected chi connectivity index (χ1v) is 2.92. The molecule has 3 nitrogen and oxygen atoms in total. The average Bonchev–Trinajstić information content (AvgIpc) is 1.65. The summed E-state index contributed by atoms with van der Waals surface area (Å²) in [5.41, 5.74) is 0. The Morgan fingerprint density at radius 2 is 1.78 bits per heavy atom. The minimum Gasteiger partial charge on any atom is -1.00 e. The topological polar surface area (TPSA) is 35.2 Å². The molecule has 1 fully saturated rings. The van der Waals surface area contributed by atoms with Crippen molar-refractivity contribution in [1.82, 2.24) is 0 Å². The van der Waals surface area contributed by atoms with Gasteiger partial charge in [-0.15, -0.1) is 0 Å². The van der Waals surface area contributed by atoms with Gasteiger partial charge in [-0.05, 0) is 0 Å². The number of nitrogens with two attached hydrogens (primary N) is 1. The SMILES string of the molecule is C[N+]1(N)CCOCC1.[Cl-]. The van der Waals surface area contributed by atoms with Crippen molar-refractivity contribution >= 4 is 0 Å². The number of halogens is 1. The second-order valence-electron chi connectivity index (χ2n) is 2.54. The van der Waals surface area contributed by atoms with Gasteiger partial charge in [-0.25, -0.2) is 4.59 Å². The van der Waals surface area contributed by atoms with Gasteiger partial charge < -0.3 is 17.1 Å². The molecule has 0 aromatic rings. The van der Waals surface area contributed by atoms with Crippen molar-refractivity contribution in [2.24, 2.45) is 5.84 Å². The van der Waals surface area contributed by atoms with Crippen LogP contribution in [0, 0.1) is 0 Å². The average molecular weight is 153 g/mol. The molecule has 0 radical (unpaired) electrons. The Morgan fingerprint density at radius 1 is 1.33 bits per heavy atom. The van der Waals surface area contributed by atoms with E-state index in [4.69, 9.17) is 10.6 Å². The number of quaternary nitrogens is 1. The van der Waals surface area contributed by atoms with Gasteiger partial charge in [0.05, 0.1) is 20.3 Å². The fourth-order valence-electron chi connectivity index (χ4n) is 0.760. The van der Waals surface area contributed by atoms with Crippen LogP contribution in [0.5, 0.6) is 0 Å². The Balaban J connectivity index is 0.000000640. The molecule has 0 unspecified atom stereocenters. The van der Waals surface area contributed by atoms with Crippen LogP contribution in [0.15, 0.2) is 0 Å². The monoisotopic (exact) mass is 152 g/mol. The predicted octanol–water partition coefficient (Wildman–Crippen LogP) is -3.66. The highest BCUT2D eigenvalue weighted by Gasteiger charge is 2.19. The van der Waals surface area contributed by atoms with Crippen LogP contribution in [0.1, 0.15) is 0 Å². The molecule has 0 aromatic heterocycles. The van der Waals surface area contributed by atoms with Crippen molar-refractivity contribution in [2.45, 2.75) is 0 Å². The van der Waals surface area contributed by atoms with Gasteiger partial charge in [0, 0.05) is 0 Å². The van der Waals surface area contributed by atoms with Gasteiger partial charge in [-0.3, -0.25) is 0 Å². The Morgan fingerprint density at radius 3 is 2.00 bits per heavy atom. The van der Waals surface area contributed by atoms with Gasteiger partial charge in [0.1, 0.15) is 13.1 Å². The first-order chi connectivity index (χ1) is 3.71. The highest BCUT2D eigenvalue weighted by atomic mass is 35.5. The molecule has 0 bridgehead atoms. The van der Waals surface area contributed by atoms with Crippen molar-refractivity contribution in [1.29, 1.82) is 0 Å². The lowest BCUT2D eigenvalue weighted by atomic mass is 10.4. The highest BCUT2D eigenvalue weighted by molar-refractivity contribution is 4.39. The van der Waals surface area contributed by atoms with Gasteiger partial charge in [0.2, 0.25) is 0 Å². The molecule has 0 atom stereocenters. The third-order valence-electron chi connectivity index (χ3n) is 1.49. The molecule has 0 saturated carbocycles. The Hall–Kier alpha value is 0.170. The van der Waals surface area contributed by atoms with Crippen LogP contribution >= 0.6 is 0 Å². The fraction of sp³-hybridized carbons (Fsp3) is 1.00. The Bertz CT molecular complexity index is 79.0. The number of morpholine rings is 1. The van der Waals surface area contributed by atoms with Crippen molar-refractivity contribution in [3.05, 3.63) is 0 Å². The number of hydrogen-bond donors (Lipinski definition) is 1. The maximum atomic E-state index is 5.74. The molecular formula is C5H13ClN2O. The largest absolute Gasteiger partial charge is 1.00 e. The molecule has 9 heavy (non-hydrogen) atoms. The lowest BCUT2D eigenvalue weighted by Gasteiger charge is -2.31. The molecule has 1 saturated heterocycles. The third-order valence-corrected chi connectivity index (χ3v) is 1.49. The normalized spacial score (nSPS) is 24.7. The summed E-state index contributed by atoms with van der Waals surface area (Å²) in [6.07, 6.45) is 0. The summed E-state index contributed by atoms with van der Waals surface area (Å²) in [6.45, 7) is 3.51. The Kier molecular flexibility index (Phi) is 3.43. The lowest BCUT2D eigenvalue weighted by molar-refractivity contribution is -0.928. The van der Waals surface area contributed by atoms with Crippen molar-refractivity contribution in [2.75, 3.05) is 33.4 Å². The molecule has 0 aliphatic carbocycles. The summed E-state index contributed by atoms with van der Waals surface area (Å²) in [7, 11) is 2.02. The summed E-state index contributed by atoms with van der Waals surface area (Å²) in [6, 6.07) is 0. The standard InChI is InChI=1S/C5H13N2O.ClH/c1-7(6)2-4-8-5-3-7;/h2-6H2,1H3;1H/q+1;/p-1. The molecule has 56 valence electrons. The number of hydrogen-bond acceptors (Lipinski definition) is 2. The molecule has 0 amide bonds. The van der Waals surface area contributed by atoms with Crippen LogP contribution in [-0.2, 0) is 4.74 Å². The van der Waals surface area contributed by atoms with Crippen molar-refractivity contribution in [3.8, 4) is 0 Å². The molecule has 1 rings (SSSR count). The van der Waals surface area contributed by atoms with Crippen molar-refractivity contribution in [3.63, 3.8) is 0 Å². The predicted molar refractivity (Wildman–Crippen MR) is 30.9 cm³/mol. The maximum Gasteiger partial charge on any atom is 0.120 e. The van der Waals surface area contributed by atoms with E-state index in [1.807, 2.05) is 7.05 Å². The van der Waals surface area contributed by atoms with Crippen LogP contribution in [0.2, 0.25) is 0 Å². The quantitative estimate of drug-likeness (QED) is 0.287. The fourth-order valence-corrected chi connectivity index (χ4v) is 0.760. The van der Waals surface area contributed by atoms with Gasteiger partial charge in [-0.1, -0.05) is 0 Å². The van der Waals surface area contributed by atoms with E-state index in [9.17, 15) is 0 Å². The number of ether oxygens (including phenoxy) is 1. The second kappa shape index (κ2) is 3.37. The smallest absolute Gasteiger partial charge is 0.120 e. The Labute approximate surface area is 61.7 Å². The lowest BCUT2D eigenvalue weighted by Crippen LogP contribution is -3.00. The van der Waals surface area contributed by atoms with E-state index in [0.29, 0.717) is 4.59 Å². The van der Waals surface area contributed by atoms with Crippen LogP contribution in [-0.4, -0.2) is 37.9 Å². The second-order valence-corrected chi connectivity index (χ2v) is 2.54. The molecule has 0 aromatic carbocycles. The molecule has 1 aliphatic heterocycles. The summed E-state index contributed by atoms with van der Waals surface area (Å²) < 4.78 is 5.73. The zero-order valence-corrected chi connectivity index (χ0v) is 6.40. The minimum absolute atomic E-state index is 0. The first kappa shape index (κ1) is 9.17. The van der Waals surface area contributed by atoms with E-state index in [0.717, 1.165) is 26.3 Å². The van der Waals surface area contributed by atoms with Gasteiger partial charge >= 0.3 is 0 Å². The number of likely N-dealkylation sites (N-methyl/N-ethyl adjacent to an activating group) is 1. The molecule has 0 spiro atoms. The zero-order chi connectivity index (χ0) is 6.04. The number of nitrogens with zero attached hydrogens (tertiary/aromatic N) is 1. The third kappa shape index (κ3) is 3.01. The zero-order valence-electron chi connectivity index (χ0n) is 5.64. The van der Waals surface area contributed by atoms with E-state index in [1.54, 1.807) is 0 Å². The summed E-state index contributed by atoms with van der Waals surface area (Å²) in [4.78, 5) is 0. The van der Waals surface area contributed by atoms with E-state index in [-0.39, 0.29) is 12.4 Å². The summed E-state index contributed by atoms with van der Waals surface area (Å²) in [5, 5.41) is 0. The molecule has 4 heteroatoms. The van der Waals surface area contributed by atoms with Crippen LogP contribution in [0.4, 0.5) is 0 Å². The van der Waals surface area contributed by atoms with E-state index in [2.05, 4.69) is 0 Å². The van der Waals surface area contributed by atoms with Crippen molar-refractivity contribution < 1.29 is 21.7 Å². The molecule has 1 heterocycles. The van der Waals surface area contributed by atoms with Gasteiger partial charge in [0.25, 0.3) is 0 Å². The van der Waals surface area contributed by atoms with Crippen LogP contribution in [0.25, 0.3) is 0 Å². The van der Waals surface area contributed by atoms with Crippen LogP contribution in [0.3, 0.4) is 0 Å². The molecule has 2 N–H and O–H groups in total. The van der Waals surface area contributed by atoms with Gasteiger partial charge in [0.15, 0.2) is 0 Å². The van der Waals surface area contributed by atoms with E-state index in [1.165, 1.54) is 0 Å². The van der Waals surface area contributed by atoms with E-state index >= 15 is 0 Å².